The molecule has 0 saturated carbocycles. The van der Waals surface area contributed by atoms with E-state index < -0.39 is 0 Å². The Morgan fingerprint density at radius 1 is 1.33 bits per heavy atom. The maximum atomic E-state index is 11.7. The second-order valence-electron chi connectivity index (χ2n) is 3.59. The van der Waals surface area contributed by atoms with Crippen molar-refractivity contribution in [2.75, 3.05) is 11.9 Å². The van der Waals surface area contributed by atoms with E-state index in [2.05, 4.69) is 15.3 Å². The number of rotatable bonds is 5. The van der Waals surface area contributed by atoms with Crippen LogP contribution in [0, 0.1) is 0 Å². The molecule has 2 aromatic rings. The van der Waals surface area contributed by atoms with Crippen molar-refractivity contribution < 1.29 is 9.53 Å². The molecule has 0 aliphatic rings. The first kappa shape index (κ1) is 12.1. The van der Waals surface area contributed by atoms with Gasteiger partial charge in [0.1, 0.15) is 6.54 Å². The van der Waals surface area contributed by atoms with E-state index in [-0.39, 0.29) is 12.5 Å². The first-order valence-corrected chi connectivity index (χ1v) is 5.63. The molecule has 2 rings (SSSR count). The van der Waals surface area contributed by atoms with Gasteiger partial charge in [0.25, 0.3) is 0 Å². The molecule has 0 aliphatic carbocycles. The van der Waals surface area contributed by atoms with Crippen LogP contribution >= 0.6 is 0 Å². The van der Waals surface area contributed by atoms with Gasteiger partial charge in [-0.2, -0.15) is 0 Å². The Kier molecular flexibility index (Phi) is 3.90. The Morgan fingerprint density at radius 3 is 2.61 bits per heavy atom. The summed E-state index contributed by atoms with van der Waals surface area (Å²) in [6, 6.07) is 4.04. The van der Waals surface area contributed by atoms with Gasteiger partial charge in [0, 0.05) is 12.4 Å². The lowest BCUT2D eigenvalue weighted by atomic mass is 10.5. The summed E-state index contributed by atoms with van der Waals surface area (Å²) >= 11 is 0. The third-order valence-electron chi connectivity index (χ3n) is 2.18. The Labute approximate surface area is 105 Å². The third-order valence-corrected chi connectivity index (χ3v) is 2.18. The van der Waals surface area contributed by atoms with Gasteiger partial charge >= 0.3 is 6.01 Å². The number of carbonyl (C=O) groups excluding carboxylic acids is 1. The van der Waals surface area contributed by atoms with Gasteiger partial charge in [-0.3, -0.25) is 4.79 Å². The predicted molar refractivity (Wildman–Crippen MR) is 66.3 cm³/mol. The van der Waals surface area contributed by atoms with Crippen LogP contribution in [0.4, 0.5) is 5.69 Å². The van der Waals surface area contributed by atoms with E-state index in [0.29, 0.717) is 18.3 Å². The zero-order valence-electron chi connectivity index (χ0n) is 10.0. The topological polar surface area (TPSA) is 69.0 Å². The van der Waals surface area contributed by atoms with Gasteiger partial charge in [-0.15, -0.1) is 0 Å². The number of amides is 1. The summed E-state index contributed by atoms with van der Waals surface area (Å²) in [5.41, 5.74) is 0.551. The smallest absolute Gasteiger partial charge is 0.316 e. The maximum absolute atomic E-state index is 11.7. The fourth-order valence-corrected chi connectivity index (χ4v) is 1.43. The monoisotopic (exact) mass is 246 g/mol. The van der Waals surface area contributed by atoms with Gasteiger partial charge in [0.2, 0.25) is 5.91 Å². The number of nitrogens with zero attached hydrogens (tertiary/aromatic N) is 3. The zero-order chi connectivity index (χ0) is 12.8. The van der Waals surface area contributed by atoms with E-state index >= 15 is 0 Å². The second-order valence-corrected chi connectivity index (χ2v) is 3.59. The second kappa shape index (κ2) is 5.81. The van der Waals surface area contributed by atoms with Gasteiger partial charge in [0.05, 0.1) is 24.7 Å². The first-order chi connectivity index (χ1) is 8.78. The van der Waals surface area contributed by atoms with Crippen LogP contribution in [0.2, 0.25) is 0 Å². The van der Waals surface area contributed by atoms with Crippen LogP contribution in [0.25, 0.3) is 0 Å². The highest BCUT2D eigenvalue weighted by atomic mass is 16.5. The van der Waals surface area contributed by atoms with E-state index in [1.54, 1.807) is 4.57 Å². The molecule has 1 amide bonds. The summed E-state index contributed by atoms with van der Waals surface area (Å²) in [6.07, 6.45) is 6.69. The number of ether oxygens (including phenoxy) is 1. The number of carbonyl (C=O) groups is 1. The molecule has 0 bridgehead atoms. The quantitative estimate of drug-likeness (QED) is 0.863. The van der Waals surface area contributed by atoms with Crippen molar-refractivity contribution in [3.8, 4) is 6.01 Å². The molecule has 0 saturated heterocycles. The highest BCUT2D eigenvalue weighted by molar-refractivity contribution is 5.90. The van der Waals surface area contributed by atoms with Crippen molar-refractivity contribution >= 4 is 11.6 Å². The highest BCUT2D eigenvalue weighted by Crippen LogP contribution is 2.07. The van der Waals surface area contributed by atoms with Crippen LogP contribution in [-0.4, -0.2) is 27.0 Å². The molecule has 6 nitrogen and oxygen atoms in total. The van der Waals surface area contributed by atoms with Crippen LogP contribution in [-0.2, 0) is 11.3 Å². The molecule has 6 heteroatoms. The van der Waals surface area contributed by atoms with Crippen molar-refractivity contribution in [3.63, 3.8) is 0 Å². The summed E-state index contributed by atoms with van der Waals surface area (Å²) < 4.78 is 6.89. The molecule has 0 aromatic carbocycles. The van der Waals surface area contributed by atoms with Gasteiger partial charge in [-0.05, 0) is 19.1 Å². The minimum absolute atomic E-state index is 0.126. The molecule has 0 aliphatic heterocycles. The Bertz CT molecular complexity index is 493. The highest BCUT2D eigenvalue weighted by Gasteiger charge is 2.04. The van der Waals surface area contributed by atoms with Crippen LogP contribution < -0.4 is 10.1 Å². The van der Waals surface area contributed by atoms with Crippen molar-refractivity contribution in [1.82, 2.24) is 14.5 Å². The lowest BCUT2D eigenvalue weighted by molar-refractivity contribution is -0.116. The molecule has 18 heavy (non-hydrogen) atoms. The largest absolute Gasteiger partial charge is 0.464 e. The minimum atomic E-state index is -0.126. The number of aromatic nitrogens is 3. The SMILES string of the molecule is CCOc1ncc(NC(=O)Cn2cccc2)cn1. The van der Waals surface area contributed by atoms with E-state index in [1.807, 2.05) is 31.5 Å². The summed E-state index contributed by atoms with van der Waals surface area (Å²) in [5.74, 6) is -0.126. The summed E-state index contributed by atoms with van der Waals surface area (Å²) in [4.78, 5) is 19.6. The van der Waals surface area contributed by atoms with E-state index in [9.17, 15) is 4.79 Å². The number of hydrogen-bond donors (Lipinski definition) is 1. The average molecular weight is 246 g/mol. The molecule has 0 fully saturated rings. The molecular weight excluding hydrogens is 232 g/mol. The Balaban J connectivity index is 1.90. The fraction of sp³-hybridized carbons (Fsp3) is 0.250. The summed E-state index contributed by atoms with van der Waals surface area (Å²) in [6.45, 7) is 2.63. The summed E-state index contributed by atoms with van der Waals surface area (Å²) in [5, 5.41) is 2.71. The molecule has 0 spiro atoms. The van der Waals surface area contributed by atoms with Crippen LogP contribution in [0.5, 0.6) is 6.01 Å². The standard InChI is InChI=1S/C12H14N4O2/c1-2-18-12-13-7-10(8-14-12)15-11(17)9-16-5-3-4-6-16/h3-8H,2,9H2,1H3,(H,15,17). The molecular formula is C12H14N4O2. The number of nitrogens with one attached hydrogen (secondary N) is 1. The van der Waals surface area contributed by atoms with E-state index in [0.717, 1.165) is 0 Å². The Morgan fingerprint density at radius 2 is 2.00 bits per heavy atom. The Hall–Kier alpha value is -2.37. The van der Waals surface area contributed by atoms with Crippen LogP contribution in [0.3, 0.4) is 0 Å². The van der Waals surface area contributed by atoms with E-state index in [4.69, 9.17) is 4.74 Å². The normalized spacial score (nSPS) is 10.1. The van der Waals surface area contributed by atoms with Crippen molar-refractivity contribution in [1.29, 1.82) is 0 Å². The summed E-state index contributed by atoms with van der Waals surface area (Å²) in [7, 11) is 0. The fourth-order valence-electron chi connectivity index (χ4n) is 1.43. The first-order valence-electron chi connectivity index (χ1n) is 5.63. The van der Waals surface area contributed by atoms with Crippen LogP contribution in [0.15, 0.2) is 36.9 Å². The molecule has 1 N–H and O–H groups in total. The maximum Gasteiger partial charge on any atom is 0.316 e. The number of hydrogen-bond acceptors (Lipinski definition) is 4. The molecule has 0 radical (unpaired) electrons. The third kappa shape index (κ3) is 3.31. The molecule has 0 unspecified atom stereocenters. The van der Waals surface area contributed by atoms with Gasteiger partial charge in [-0.25, -0.2) is 9.97 Å². The van der Waals surface area contributed by atoms with Gasteiger partial charge in [-0.1, -0.05) is 0 Å². The zero-order valence-corrected chi connectivity index (χ0v) is 10.0. The minimum Gasteiger partial charge on any atom is -0.464 e. The molecule has 0 atom stereocenters. The molecule has 94 valence electrons. The molecule has 2 heterocycles. The molecule has 2 aromatic heterocycles. The van der Waals surface area contributed by atoms with Gasteiger partial charge < -0.3 is 14.6 Å². The van der Waals surface area contributed by atoms with E-state index in [1.165, 1.54) is 12.4 Å². The van der Waals surface area contributed by atoms with Gasteiger partial charge in [0.15, 0.2) is 0 Å². The van der Waals surface area contributed by atoms with Crippen molar-refractivity contribution in [2.45, 2.75) is 13.5 Å². The average Bonchev–Trinajstić information content (AvgIpc) is 2.84. The lowest BCUT2D eigenvalue weighted by Crippen LogP contribution is -2.18. The lowest BCUT2D eigenvalue weighted by Gasteiger charge is -2.06. The number of anilines is 1. The predicted octanol–water partition coefficient (Wildman–Crippen LogP) is 1.32. The van der Waals surface area contributed by atoms with Crippen LogP contribution in [0.1, 0.15) is 6.92 Å². The van der Waals surface area contributed by atoms with Crippen molar-refractivity contribution in [2.24, 2.45) is 0 Å². The van der Waals surface area contributed by atoms with Crippen molar-refractivity contribution in [3.05, 3.63) is 36.9 Å².